The maximum atomic E-state index is 14.3. The van der Waals surface area contributed by atoms with Gasteiger partial charge in [-0.1, -0.05) is 51.0 Å². The molecule has 2 aromatic carbocycles. The van der Waals surface area contributed by atoms with Gasteiger partial charge in [0.2, 0.25) is 0 Å². The summed E-state index contributed by atoms with van der Waals surface area (Å²) in [6.45, 7) is 4.99. The average molecular weight is 709 g/mol. The fourth-order valence-corrected chi connectivity index (χ4v) is 6.46. The average Bonchev–Trinajstić information content (AvgIpc) is 3.15. The van der Waals surface area contributed by atoms with Gasteiger partial charge >= 0.3 is 12.1 Å². The van der Waals surface area contributed by atoms with Crippen LogP contribution in [-0.4, -0.2) is 29.4 Å². The molecule has 0 aliphatic carbocycles. The van der Waals surface area contributed by atoms with Crippen molar-refractivity contribution >= 4 is 66.8 Å². The minimum atomic E-state index is -4.99. The van der Waals surface area contributed by atoms with Crippen molar-refractivity contribution in [2.24, 2.45) is 4.99 Å². The summed E-state index contributed by atoms with van der Waals surface area (Å²) < 4.78 is 56.2. The number of hydrogen-bond acceptors (Lipinski definition) is 6. The topological polar surface area (TPSA) is 69.9 Å². The highest BCUT2D eigenvalue weighted by molar-refractivity contribution is 9.11. The molecule has 13 heteroatoms. The van der Waals surface area contributed by atoms with Gasteiger partial charge in [-0.3, -0.25) is 9.36 Å². The third-order valence-corrected chi connectivity index (χ3v) is 7.74. The van der Waals surface area contributed by atoms with Gasteiger partial charge in [0.25, 0.3) is 5.56 Å². The van der Waals surface area contributed by atoms with E-state index in [0.717, 1.165) is 15.9 Å². The number of carbonyl (C=O) groups is 1. The summed E-state index contributed by atoms with van der Waals surface area (Å²) in [4.78, 5) is 30.3. The molecule has 0 saturated heterocycles. The normalized spacial score (nSPS) is 15.8. The van der Waals surface area contributed by atoms with Gasteiger partial charge in [-0.05, 0) is 72.6 Å². The lowest BCUT2D eigenvalue weighted by Gasteiger charge is -2.26. The second-order valence-corrected chi connectivity index (χ2v) is 11.8. The molecule has 0 unspecified atom stereocenters. The van der Waals surface area contributed by atoms with Crippen LogP contribution in [0.25, 0.3) is 6.08 Å². The summed E-state index contributed by atoms with van der Waals surface area (Å²) in [6.07, 6.45) is -3.66. The van der Waals surface area contributed by atoms with Crippen molar-refractivity contribution in [1.82, 2.24) is 4.57 Å². The number of halogens is 6. The van der Waals surface area contributed by atoms with Crippen LogP contribution in [0.2, 0.25) is 5.02 Å². The molecule has 0 spiro atoms. The fourth-order valence-electron chi connectivity index (χ4n) is 3.99. The zero-order valence-corrected chi connectivity index (χ0v) is 25.4. The smallest absolute Gasteiger partial charge is 0.434 e. The van der Waals surface area contributed by atoms with E-state index in [1.165, 1.54) is 37.3 Å². The maximum absolute atomic E-state index is 14.3. The number of allylic oxidation sites excluding steroid dienone is 1. The Bertz CT molecular complexity index is 1650. The minimum Gasteiger partial charge on any atom is -0.489 e. The summed E-state index contributed by atoms with van der Waals surface area (Å²) in [6, 6.07) is 7.92. The summed E-state index contributed by atoms with van der Waals surface area (Å²) in [5, 5.41) is 0.335. The SMILES string of the molecule is CCOC(=O)C1=C(C(F)(F)F)N=c2s/c(=C\c3cc(Br)cc(Br)c3OC(C)C)c(=O)n2[C@@H]1c1ccc(Cl)cc1. The van der Waals surface area contributed by atoms with Crippen molar-refractivity contribution in [3.8, 4) is 5.75 Å². The largest absolute Gasteiger partial charge is 0.489 e. The number of thiazole rings is 1. The molecule has 1 aromatic heterocycles. The van der Waals surface area contributed by atoms with E-state index < -0.39 is 35.0 Å². The summed E-state index contributed by atoms with van der Waals surface area (Å²) in [5.74, 6) is -0.761. The summed E-state index contributed by atoms with van der Waals surface area (Å²) in [5.41, 5.74) is -2.07. The van der Waals surface area contributed by atoms with E-state index in [1.54, 1.807) is 12.1 Å². The van der Waals surface area contributed by atoms with Gasteiger partial charge in [-0.25, -0.2) is 9.79 Å². The number of nitrogens with zero attached hydrogens (tertiary/aromatic N) is 2. The lowest BCUT2D eigenvalue weighted by molar-refractivity contribution is -0.140. The van der Waals surface area contributed by atoms with Crippen molar-refractivity contribution < 1.29 is 27.4 Å². The Labute approximate surface area is 246 Å². The number of hydrogen-bond donors (Lipinski definition) is 0. The first-order valence-electron chi connectivity index (χ1n) is 11.5. The molecule has 0 amide bonds. The first kappa shape index (κ1) is 29.6. The number of alkyl halides is 3. The maximum Gasteiger partial charge on any atom is 0.434 e. The number of rotatable bonds is 6. The predicted molar refractivity (Wildman–Crippen MR) is 150 cm³/mol. The van der Waals surface area contributed by atoms with Gasteiger partial charge in [0.1, 0.15) is 5.75 Å². The van der Waals surface area contributed by atoms with Crippen LogP contribution in [0.1, 0.15) is 37.9 Å². The highest BCUT2D eigenvalue weighted by atomic mass is 79.9. The first-order chi connectivity index (χ1) is 18.3. The molecule has 1 atom stereocenters. The quantitative estimate of drug-likeness (QED) is 0.282. The molecule has 4 rings (SSSR count). The number of ether oxygens (including phenoxy) is 2. The van der Waals surface area contributed by atoms with Crippen molar-refractivity contribution in [3.05, 3.63) is 92.5 Å². The van der Waals surface area contributed by atoms with Crippen molar-refractivity contribution in [3.63, 3.8) is 0 Å². The zero-order valence-electron chi connectivity index (χ0n) is 20.6. The molecule has 0 saturated carbocycles. The first-order valence-corrected chi connectivity index (χ1v) is 14.3. The number of benzene rings is 2. The Morgan fingerprint density at radius 3 is 2.49 bits per heavy atom. The van der Waals surface area contributed by atoms with Gasteiger partial charge in [-0.2, -0.15) is 13.2 Å². The van der Waals surface area contributed by atoms with Crippen LogP contribution in [0.15, 0.2) is 66.4 Å². The fraction of sp³-hybridized carbons (Fsp3) is 0.269. The molecule has 39 heavy (non-hydrogen) atoms. The van der Waals surface area contributed by atoms with E-state index in [0.29, 0.717) is 25.3 Å². The number of aromatic nitrogens is 1. The molecule has 0 fully saturated rings. The third-order valence-electron chi connectivity index (χ3n) is 5.46. The lowest BCUT2D eigenvalue weighted by Crippen LogP contribution is -2.41. The van der Waals surface area contributed by atoms with Crippen molar-refractivity contribution in [2.75, 3.05) is 6.61 Å². The molecule has 206 valence electrons. The Kier molecular flexibility index (Phi) is 8.79. The highest BCUT2D eigenvalue weighted by Crippen LogP contribution is 2.39. The van der Waals surface area contributed by atoms with E-state index in [-0.39, 0.29) is 27.6 Å². The van der Waals surface area contributed by atoms with Crippen LogP contribution in [0.3, 0.4) is 0 Å². The van der Waals surface area contributed by atoms with Crippen LogP contribution in [-0.2, 0) is 9.53 Å². The third kappa shape index (κ3) is 6.18. The number of fused-ring (bicyclic) bond motifs is 1. The van der Waals surface area contributed by atoms with E-state index in [4.69, 9.17) is 21.1 Å². The van der Waals surface area contributed by atoms with E-state index in [1.807, 2.05) is 13.8 Å². The molecular weight excluding hydrogens is 689 g/mol. The summed E-state index contributed by atoms with van der Waals surface area (Å²) in [7, 11) is 0. The zero-order chi connectivity index (χ0) is 28.6. The van der Waals surface area contributed by atoms with E-state index >= 15 is 0 Å². The minimum absolute atomic E-state index is 0.0953. The molecule has 3 aromatic rings. The predicted octanol–water partition coefficient (Wildman–Crippen LogP) is 6.31. The van der Waals surface area contributed by atoms with E-state index in [9.17, 15) is 22.8 Å². The highest BCUT2D eigenvalue weighted by Gasteiger charge is 2.45. The number of carbonyl (C=O) groups excluding carboxylic acids is 1. The Morgan fingerprint density at radius 1 is 1.23 bits per heavy atom. The molecule has 2 heterocycles. The van der Waals surface area contributed by atoms with E-state index in [2.05, 4.69) is 36.9 Å². The molecule has 0 N–H and O–H groups in total. The van der Waals surface area contributed by atoms with Crippen LogP contribution in [0.5, 0.6) is 5.75 Å². The van der Waals surface area contributed by atoms with Gasteiger partial charge in [0, 0.05) is 15.1 Å². The molecular formula is C26H20Br2ClF3N2O4S. The standard InChI is InChI=1S/C26H20Br2ClF3N2O4S/c1-4-37-24(36)19-20(13-5-7-16(29)8-6-13)34-23(35)18(39-25(34)33-22(19)26(30,31)32)10-14-9-15(27)11-17(28)21(14)38-12(2)3/h5-12,20H,4H2,1-3H3/b18-10-/t20-/m1/s1. The Balaban J connectivity index is 2.06. The summed E-state index contributed by atoms with van der Waals surface area (Å²) >= 11 is 13.7. The lowest BCUT2D eigenvalue weighted by atomic mass is 9.95. The van der Waals surface area contributed by atoms with Gasteiger partial charge in [0.15, 0.2) is 10.5 Å². The molecule has 1 aliphatic heterocycles. The molecule has 1 aliphatic rings. The van der Waals surface area contributed by atoms with Gasteiger partial charge < -0.3 is 9.47 Å². The molecule has 0 bridgehead atoms. The second-order valence-electron chi connectivity index (χ2n) is 8.59. The Hall–Kier alpha value is -2.41. The van der Waals surface area contributed by atoms with Crippen LogP contribution in [0.4, 0.5) is 13.2 Å². The van der Waals surface area contributed by atoms with Crippen LogP contribution < -0.4 is 19.6 Å². The van der Waals surface area contributed by atoms with Gasteiger partial charge in [-0.15, -0.1) is 0 Å². The molecule has 6 nitrogen and oxygen atoms in total. The van der Waals surface area contributed by atoms with Crippen LogP contribution in [0, 0.1) is 0 Å². The van der Waals surface area contributed by atoms with Gasteiger partial charge in [0.05, 0.1) is 33.3 Å². The molecule has 0 radical (unpaired) electrons. The number of esters is 1. The second kappa shape index (κ2) is 11.6. The van der Waals surface area contributed by atoms with Crippen molar-refractivity contribution in [1.29, 1.82) is 0 Å². The van der Waals surface area contributed by atoms with Crippen LogP contribution >= 0.6 is 54.8 Å². The Morgan fingerprint density at radius 2 is 1.90 bits per heavy atom. The monoisotopic (exact) mass is 706 g/mol. The van der Waals surface area contributed by atoms with Crippen molar-refractivity contribution in [2.45, 2.75) is 39.1 Å².